The second-order valence-corrected chi connectivity index (χ2v) is 8.25. The van der Waals surface area contributed by atoms with Gasteiger partial charge in [-0.2, -0.15) is 4.72 Å². The molecule has 0 spiro atoms. The second kappa shape index (κ2) is 6.84. The summed E-state index contributed by atoms with van der Waals surface area (Å²) < 4.78 is 27.2. The number of nitrogens with one attached hydrogen (secondary N) is 2. The summed E-state index contributed by atoms with van der Waals surface area (Å²) in [6, 6.07) is -0.815. The van der Waals surface area contributed by atoms with Gasteiger partial charge in [0.2, 0.25) is 5.91 Å². The first-order chi connectivity index (χ1) is 9.17. The molecule has 0 saturated heterocycles. The first-order valence-corrected chi connectivity index (χ1v) is 8.72. The van der Waals surface area contributed by atoms with Crippen LogP contribution in [0.15, 0.2) is 4.21 Å². The number of hydrogen-bond donors (Lipinski definition) is 2. The summed E-state index contributed by atoms with van der Waals surface area (Å²) in [5.74, 6) is -0.193. The Morgan fingerprint density at radius 3 is 2.45 bits per heavy atom. The quantitative estimate of drug-likeness (QED) is 0.823. The first-order valence-electron chi connectivity index (χ1n) is 6.04. The maximum Gasteiger partial charge on any atom is 0.252 e. The number of carbonyl (C=O) groups excluding carboxylic acids is 1. The van der Waals surface area contributed by atoms with Crippen LogP contribution in [-0.2, 0) is 14.8 Å². The van der Waals surface area contributed by atoms with E-state index in [9.17, 15) is 13.2 Å². The van der Waals surface area contributed by atoms with Gasteiger partial charge in [0.1, 0.15) is 6.04 Å². The van der Waals surface area contributed by atoms with Crippen LogP contribution < -0.4 is 10.0 Å². The molecule has 2 N–H and O–H groups in total. The predicted octanol–water partition coefficient (Wildman–Crippen LogP) is 1.54. The van der Waals surface area contributed by atoms with E-state index < -0.39 is 16.1 Å². The fraction of sp³-hybridized carbons (Fsp3) is 0.636. The van der Waals surface area contributed by atoms with Crippen LogP contribution in [0.5, 0.6) is 0 Å². The Morgan fingerprint density at radius 1 is 1.45 bits per heavy atom. The number of aryl methyl sites for hydroxylation is 1. The van der Waals surface area contributed by atoms with Crippen molar-refractivity contribution in [1.82, 2.24) is 15.0 Å². The SMILES string of the molecule is CNC(=O)C(CC(C)C)NS(=O)(=O)c1sc(Cl)nc1C. The standard InChI is InChI=1S/C11H18ClN3O3S2/c1-6(2)5-8(9(16)13-4)15-20(17,18)10-7(3)14-11(12)19-10/h6,8,15H,5H2,1-4H3,(H,13,16). The zero-order valence-electron chi connectivity index (χ0n) is 11.7. The van der Waals surface area contributed by atoms with Gasteiger partial charge in [0.25, 0.3) is 10.0 Å². The van der Waals surface area contributed by atoms with E-state index >= 15 is 0 Å². The summed E-state index contributed by atoms with van der Waals surface area (Å²) in [5.41, 5.74) is 0.327. The average molecular weight is 340 g/mol. The molecule has 0 bridgehead atoms. The number of hydrogen-bond acceptors (Lipinski definition) is 5. The smallest absolute Gasteiger partial charge is 0.252 e. The minimum Gasteiger partial charge on any atom is -0.358 e. The van der Waals surface area contributed by atoms with E-state index in [4.69, 9.17) is 11.6 Å². The molecular formula is C11H18ClN3O3S2. The van der Waals surface area contributed by atoms with Crippen molar-refractivity contribution in [2.45, 2.75) is 37.4 Å². The summed E-state index contributed by atoms with van der Waals surface area (Å²) in [5, 5.41) is 2.46. The van der Waals surface area contributed by atoms with Gasteiger partial charge in [0, 0.05) is 7.05 Å². The number of amides is 1. The van der Waals surface area contributed by atoms with E-state index in [0.717, 1.165) is 11.3 Å². The molecule has 0 aromatic carbocycles. The van der Waals surface area contributed by atoms with Crippen LogP contribution >= 0.6 is 22.9 Å². The molecule has 1 unspecified atom stereocenters. The van der Waals surface area contributed by atoms with E-state index in [1.807, 2.05) is 13.8 Å². The number of rotatable bonds is 6. The molecule has 1 amide bonds. The zero-order valence-corrected chi connectivity index (χ0v) is 14.1. The first kappa shape index (κ1) is 17.4. The number of sulfonamides is 1. The van der Waals surface area contributed by atoms with Crippen LogP contribution in [0.4, 0.5) is 0 Å². The molecule has 6 nitrogen and oxygen atoms in total. The highest BCUT2D eigenvalue weighted by molar-refractivity contribution is 7.91. The van der Waals surface area contributed by atoms with E-state index in [-0.39, 0.29) is 20.5 Å². The molecule has 1 aromatic rings. The Balaban J connectivity index is 3.02. The molecule has 1 atom stereocenters. The van der Waals surface area contributed by atoms with E-state index in [1.165, 1.54) is 7.05 Å². The molecule has 0 saturated carbocycles. The lowest BCUT2D eigenvalue weighted by atomic mass is 10.0. The van der Waals surface area contributed by atoms with Crippen molar-refractivity contribution in [2.75, 3.05) is 7.05 Å². The summed E-state index contributed by atoms with van der Waals surface area (Å²) in [6.07, 6.45) is 0.407. The van der Waals surface area contributed by atoms with Gasteiger partial charge in [-0.15, -0.1) is 0 Å². The molecule has 20 heavy (non-hydrogen) atoms. The summed E-state index contributed by atoms with van der Waals surface area (Å²) in [7, 11) is -2.34. The molecule has 1 heterocycles. The number of nitrogens with zero attached hydrogens (tertiary/aromatic N) is 1. The van der Waals surface area contributed by atoms with Crippen LogP contribution in [0, 0.1) is 12.8 Å². The van der Waals surface area contributed by atoms with Crippen LogP contribution in [-0.4, -0.2) is 32.4 Å². The van der Waals surface area contributed by atoms with Crippen LogP contribution in [0.2, 0.25) is 4.47 Å². The lowest BCUT2D eigenvalue weighted by Gasteiger charge is -2.18. The van der Waals surface area contributed by atoms with Gasteiger partial charge in [0.05, 0.1) is 5.69 Å². The van der Waals surface area contributed by atoms with Gasteiger partial charge in [-0.05, 0) is 19.3 Å². The van der Waals surface area contributed by atoms with Gasteiger partial charge in [-0.3, -0.25) is 4.79 Å². The third-order valence-electron chi connectivity index (χ3n) is 2.54. The molecule has 1 rings (SSSR count). The van der Waals surface area contributed by atoms with E-state index in [0.29, 0.717) is 12.1 Å². The lowest BCUT2D eigenvalue weighted by molar-refractivity contribution is -0.122. The predicted molar refractivity (Wildman–Crippen MR) is 79.5 cm³/mol. The van der Waals surface area contributed by atoms with Crippen LogP contribution in [0.3, 0.4) is 0 Å². The molecular weight excluding hydrogens is 322 g/mol. The van der Waals surface area contributed by atoms with Gasteiger partial charge in [-0.1, -0.05) is 36.8 Å². The van der Waals surface area contributed by atoms with Gasteiger partial charge in [0.15, 0.2) is 8.68 Å². The summed E-state index contributed by atoms with van der Waals surface area (Å²) in [4.78, 5) is 15.6. The molecule has 0 aliphatic rings. The van der Waals surface area contributed by atoms with Crippen molar-refractivity contribution in [3.05, 3.63) is 10.2 Å². The lowest BCUT2D eigenvalue weighted by Crippen LogP contribution is -2.46. The number of halogens is 1. The molecule has 114 valence electrons. The number of carbonyl (C=O) groups is 1. The maximum atomic E-state index is 12.3. The normalized spacial score (nSPS) is 13.5. The third-order valence-corrected chi connectivity index (χ3v) is 5.88. The van der Waals surface area contributed by atoms with Crippen LogP contribution in [0.25, 0.3) is 0 Å². The van der Waals surface area contributed by atoms with Crippen LogP contribution in [0.1, 0.15) is 26.0 Å². The fourth-order valence-corrected chi connectivity index (χ4v) is 4.66. The van der Waals surface area contributed by atoms with Crippen molar-refractivity contribution >= 4 is 38.9 Å². The van der Waals surface area contributed by atoms with Gasteiger partial charge in [-0.25, -0.2) is 13.4 Å². The van der Waals surface area contributed by atoms with Crippen molar-refractivity contribution in [1.29, 1.82) is 0 Å². The largest absolute Gasteiger partial charge is 0.358 e. The van der Waals surface area contributed by atoms with E-state index in [1.54, 1.807) is 6.92 Å². The fourth-order valence-electron chi connectivity index (χ4n) is 1.70. The Morgan fingerprint density at radius 2 is 2.05 bits per heavy atom. The number of thiazole rings is 1. The molecule has 0 aliphatic carbocycles. The van der Waals surface area contributed by atoms with Crippen molar-refractivity contribution in [3.63, 3.8) is 0 Å². The highest BCUT2D eigenvalue weighted by Crippen LogP contribution is 2.27. The zero-order chi connectivity index (χ0) is 15.5. The minimum atomic E-state index is -3.81. The van der Waals surface area contributed by atoms with E-state index in [2.05, 4.69) is 15.0 Å². The minimum absolute atomic E-state index is 0.0418. The van der Waals surface area contributed by atoms with Gasteiger partial charge >= 0.3 is 0 Å². The topological polar surface area (TPSA) is 88.2 Å². The number of likely N-dealkylation sites (N-methyl/N-ethyl adjacent to an activating group) is 1. The summed E-state index contributed by atoms with van der Waals surface area (Å²) >= 11 is 6.59. The Kier molecular flexibility index (Phi) is 5.93. The Bertz CT molecular complexity index is 584. The number of aromatic nitrogens is 1. The monoisotopic (exact) mass is 339 g/mol. The maximum absolute atomic E-state index is 12.3. The Labute approximate surface area is 128 Å². The third kappa shape index (κ3) is 4.41. The highest BCUT2D eigenvalue weighted by Gasteiger charge is 2.28. The molecule has 0 fully saturated rings. The van der Waals surface area contributed by atoms with Gasteiger partial charge < -0.3 is 5.32 Å². The average Bonchev–Trinajstić information content (AvgIpc) is 2.66. The second-order valence-electron chi connectivity index (χ2n) is 4.76. The highest BCUT2D eigenvalue weighted by atomic mass is 35.5. The molecule has 0 radical (unpaired) electrons. The molecule has 1 aromatic heterocycles. The van der Waals surface area contributed by atoms with Crippen molar-refractivity contribution in [3.8, 4) is 0 Å². The van der Waals surface area contributed by atoms with Crippen molar-refractivity contribution < 1.29 is 13.2 Å². The Hall–Kier alpha value is -0.700. The summed E-state index contributed by atoms with van der Waals surface area (Å²) in [6.45, 7) is 5.40. The molecule has 0 aliphatic heterocycles. The molecule has 9 heteroatoms. The van der Waals surface area contributed by atoms with Crippen molar-refractivity contribution in [2.24, 2.45) is 5.92 Å².